The molecule has 0 saturated heterocycles. The van der Waals surface area contributed by atoms with Crippen molar-refractivity contribution in [3.63, 3.8) is 0 Å². The zero-order chi connectivity index (χ0) is 28.7. The van der Waals surface area contributed by atoms with Crippen LogP contribution in [-0.4, -0.2) is 49.9 Å². The Kier molecular flexibility index (Phi) is 22.4. The van der Waals surface area contributed by atoms with E-state index in [0.29, 0.717) is 12.8 Å². The van der Waals surface area contributed by atoms with Crippen molar-refractivity contribution in [1.82, 2.24) is 0 Å². The van der Waals surface area contributed by atoms with Crippen molar-refractivity contribution in [2.75, 3.05) is 19.8 Å². The Morgan fingerprint density at radius 1 is 0.711 bits per heavy atom. The number of aliphatic carboxylic acids is 1. The molecular formula is C26H49NO10P-. The third kappa shape index (κ3) is 22.5. The number of phosphoric ester groups is 1. The fourth-order valence-electron chi connectivity index (χ4n) is 3.53. The van der Waals surface area contributed by atoms with E-state index in [1.54, 1.807) is 0 Å². The van der Waals surface area contributed by atoms with Gasteiger partial charge in [0.2, 0.25) is 0 Å². The van der Waals surface area contributed by atoms with Gasteiger partial charge in [0.05, 0.1) is 6.61 Å². The first-order chi connectivity index (χ1) is 18.1. The van der Waals surface area contributed by atoms with Crippen LogP contribution in [0.4, 0.5) is 0 Å². The van der Waals surface area contributed by atoms with Crippen LogP contribution in [0, 0.1) is 0 Å². The molecule has 0 aliphatic rings. The number of carboxylic acid groups (broad SMARTS) is 1. The van der Waals surface area contributed by atoms with Crippen LogP contribution in [0.2, 0.25) is 0 Å². The van der Waals surface area contributed by atoms with E-state index >= 15 is 0 Å². The van der Waals surface area contributed by atoms with Gasteiger partial charge in [0.1, 0.15) is 25.2 Å². The van der Waals surface area contributed by atoms with Crippen LogP contribution in [0.3, 0.4) is 0 Å². The maximum absolute atomic E-state index is 12.3. The van der Waals surface area contributed by atoms with E-state index < -0.39 is 51.1 Å². The lowest BCUT2D eigenvalue weighted by molar-refractivity contribution is -0.441. The van der Waals surface area contributed by atoms with E-state index in [1.165, 1.54) is 32.1 Å². The molecule has 0 amide bonds. The largest absolute Gasteiger partial charge is 0.756 e. The summed E-state index contributed by atoms with van der Waals surface area (Å²) >= 11 is 0. The van der Waals surface area contributed by atoms with Gasteiger partial charge in [0, 0.05) is 12.8 Å². The van der Waals surface area contributed by atoms with Crippen LogP contribution in [0.15, 0.2) is 0 Å². The van der Waals surface area contributed by atoms with Gasteiger partial charge in [-0.25, -0.2) is 0 Å². The first-order valence-electron chi connectivity index (χ1n) is 14.1. The number of hydrogen-bond acceptors (Lipinski definition) is 10. The molecule has 0 aliphatic carbocycles. The lowest BCUT2D eigenvalue weighted by Crippen LogP contribution is -2.70. The topological polar surface area (TPSA) is 179 Å². The van der Waals surface area contributed by atoms with E-state index in [-0.39, 0.29) is 19.4 Å². The summed E-state index contributed by atoms with van der Waals surface area (Å²) in [7, 11) is -4.92. The molecule has 224 valence electrons. The SMILES string of the molecule is CCCCCCCCCC(=O)OC[C@H](COP(=O)([O-])OC[C@H]([NH3+])C(=O)[O-])OC(=O)CCCCCCCCC. The standard InChI is InChI=1S/C26H50NO10P/c1-3-5-7-9-11-13-15-17-24(28)34-19-22(20-35-38(32,33)36-21-23(27)26(30)31)37-25(29)18-16-14-12-10-8-6-4-2/h22-23H,3-21,27H2,1-2H3,(H,30,31)(H,32,33)/p-1/t22-,23+/m1/s1. The molecule has 0 aliphatic heterocycles. The lowest BCUT2D eigenvalue weighted by Gasteiger charge is -2.26. The van der Waals surface area contributed by atoms with Gasteiger partial charge in [-0.2, -0.15) is 0 Å². The Morgan fingerprint density at radius 3 is 1.66 bits per heavy atom. The van der Waals surface area contributed by atoms with Crippen LogP contribution < -0.4 is 15.7 Å². The van der Waals surface area contributed by atoms with Crippen LogP contribution >= 0.6 is 7.82 Å². The molecule has 0 aromatic rings. The predicted molar refractivity (Wildman–Crippen MR) is 137 cm³/mol. The summed E-state index contributed by atoms with van der Waals surface area (Å²) in [6.45, 7) is 2.53. The van der Waals surface area contributed by atoms with Crippen molar-refractivity contribution in [2.24, 2.45) is 0 Å². The van der Waals surface area contributed by atoms with Gasteiger partial charge in [-0.15, -0.1) is 0 Å². The van der Waals surface area contributed by atoms with Gasteiger partial charge in [-0.05, 0) is 12.8 Å². The molecule has 0 aromatic heterocycles. The average molecular weight is 567 g/mol. The number of ether oxygens (including phenoxy) is 2. The average Bonchev–Trinajstić information content (AvgIpc) is 2.87. The van der Waals surface area contributed by atoms with Crippen molar-refractivity contribution in [3.05, 3.63) is 0 Å². The predicted octanol–water partition coefficient (Wildman–Crippen LogP) is 2.58. The van der Waals surface area contributed by atoms with Gasteiger partial charge >= 0.3 is 11.9 Å². The summed E-state index contributed by atoms with van der Waals surface area (Å²) in [5.41, 5.74) is 3.20. The molecule has 12 heteroatoms. The van der Waals surface area contributed by atoms with Crippen molar-refractivity contribution < 1.29 is 53.2 Å². The van der Waals surface area contributed by atoms with Crippen molar-refractivity contribution in [2.45, 2.75) is 129 Å². The second-order valence-corrected chi connectivity index (χ2v) is 11.0. The molecule has 38 heavy (non-hydrogen) atoms. The Bertz CT molecular complexity index is 691. The highest BCUT2D eigenvalue weighted by Crippen LogP contribution is 2.38. The van der Waals surface area contributed by atoms with Crippen molar-refractivity contribution >= 4 is 25.7 Å². The molecule has 3 N–H and O–H groups in total. The maximum Gasteiger partial charge on any atom is 0.306 e. The number of rotatable bonds is 26. The minimum atomic E-state index is -4.92. The lowest BCUT2D eigenvalue weighted by atomic mass is 10.1. The minimum absolute atomic E-state index is 0.149. The summed E-state index contributed by atoms with van der Waals surface area (Å²) in [5, 5.41) is 10.7. The summed E-state index contributed by atoms with van der Waals surface area (Å²) in [5.74, 6) is -2.59. The number of unbranched alkanes of at least 4 members (excludes halogenated alkanes) is 12. The molecule has 1 unspecified atom stereocenters. The van der Waals surface area contributed by atoms with Gasteiger partial charge < -0.3 is 39.0 Å². The zero-order valence-corrected chi connectivity index (χ0v) is 24.2. The van der Waals surface area contributed by atoms with Gasteiger partial charge in [-0.1, -0.05) is 90.9 Å². The number of carboxylic acids is 1. The van der Waals surface area contributed by atoms with Crippen LogP contribution in [0.5, 0.6) is 0 Å². The quantitative estimate of drug-likeness (QED) is 0.0929. The summed E-state index contributed by atoms with van der Waals surface area (Å²) < 4.78 is 31.7. The molecule has 0 aromatic carbocycles. The first-order valence-corrected chi connectivity index (χ1v) is 15.6. The van der Waals surface area contributed by atoms with Gasteiger partial charge in [0.15, 0.2) is 6.10 Å². The second-order valence-electron chi connectivity index (χ2n) is 9.59. The fraction of sp³-hybridized carbons (Fsp3) is 0.885. The maximum atomic E-state index is 12.3. The summed E-state index contributed by atoms with van der Waals surface area (Å²) in [6, 6.07) is -1.41. The summed E-state index contributed by atoms with van der Waals surface area (Å²) in [4.78, 5) is 47.1. The van der Waals surface area contributed by atoms with Crippen LogP contribution in [0.1, 0.15) is 117 Å². The Labute approximate surface area is 227 Å². The molecule has 0 rings (SSSR count). The van der Waals surface area contributed by atoms with E-state index in [9.17, 15) is 28.9 Å². The minimum Gasteiger partial charge on any atom is -0.756 e. The molecule has 0 bridgehead atoms. The Morgan fingerprint density at radius 2 is 1.16 bits per heavy atom. The number of quaternary nitrogens is 1. The highest BCUT2D eigenvalue weighted by molar-refractivity contribution is 7.45. The second kappa shape index (κ2) is 23.4. The van der Waals surface area contributed by atoms with Gasteiger partial charge in [-0.3, -0.25) is 14.2 Å². The molecule has 0 heterocycles. The number of carbonyl (C=O) groups excluding carboxylic acids is 3. The molecule has 0 saturated carbocycles. The van der Waals surface area contributed by atoms with E-state index in [0.717, 1.165) is 44.9 Å². The Balaban J connectivity index is 4.61. The summed E-state index contributed by atoms with van der Waals surface area (Å²) in [6.07, 6.45) is 13.7. The Hall–Kier alpha value is -1.52. The monoisotopic (exact) mass is 566 g/mol. The highest BCUT2D eigenvalue weighted by atomic mass is 31.2. The first kappa shape index (κ1) is 36.5. The number of phosphoric acid groups is 1. The number of hydrogen-bond donors (Lipinski definition) is 1. The van der Waals surface area contributed by atoms with Crippen molar-refractivity contribution in [3.8, 4) is 0 Å². The smallest absolute Gasteiger partial charge is 0.306 e. The van der Waals surface area contributed by atoms with E-state index in [2.05, 4.69) is 24.1 Å². The molecule has 11 nitrogen and oxygen atoms in total. The zero-order valence-electron chi connectivity index (χ0n) is 23.3. The number of carbonyl (C=O) groups is 3. The molecule has 0 spiro atoms. The molecule has 3 atom stereocenters. The van der Waals surface area contributed by atoms with E-state index in [4.69, 9.17) is 14.0 Å². The molecular weight excluding hydrogens is 517 g/mol. The van der Waals surface area contributed by atoms with E-state index in [1.807, 2.05) is 0 Å². The van der Waals surface area contributed by atoms with Crippen LogP contribution in [0.25, 0.3) is 0 Å². The highest BCUT2D eigenvalue weighted by Gasteiger charge is 2.22. The normalized spacial score (nSPS) is 14.4. The van der Waals surface area contributed by atoms with Gasteiger partial charge in [0.25, 0.3) is 7.82 Å². The van der Waals surface area contributed by atoms with Crippen LogP contribution in [-0.2, 0) is 37.5 Å². The van der Waals surface area contributed by atoms with Crippen molar-refractivity contribution in [1.29, 1.82) is 0 Å². The molecule has 0 radical (unpaired) electrons. The fourth-order valence-corrected chi connectivity index (χ4v) is 4.32. The third-order valence-electron chi connectivity index (χ3n) is 5.88. The third-order valence-corrected chi connectivity index (χ3v) is 6.81. The number of esters is 2. The molecule has 0 fully saturated rings.